The number of morpholine rings is 1. The Morgan fingerprint density at radius 2 is 1.82 bits per heavy atom. The van der Waals surface area contributed by atoms with E-state index < -0.39 is 5.60 Å². The predicted molar refractivity (Wildman–Crippen MR) is 106 cm³/mol. The van der Waals surface area contributed by atoms with E-state index in [1.54, 1.807) is 4.90 Å². The van der Waals surface area contributed by atoms with Gasteiger partial charge in [-0.2, -0.15) is 0 Å². The number of aliphatic hydroxyl groups is 1. The van der Waals surface area contributed by atoms with Crippen LogP contribution in [0, 0.1) is 13.8 Å². The van der Waals surface area contributed by atoms with Crippen molar-refractivity contribution in [1.29, 1.82) is 0 Å². The molecule has 2 aliphatic heterocycles. The first-order valence-corrected chi connectivity index (χ1v) is 9.83. The van der Waals surface area contributed by atoms with Crippen molar-refractivity contribution in [3.63, 3.8) is 0 Å². The summed E-state index contributed by atoms with van der Waals surface area (Å²) in [4.78, 5) is 14.6. The topological polar surface area (TPSA) is 59.0 Å². The van der Waals surface area contributed by atoms with Crippen LogP contribution in [0.5, 0.6) is 0 Å². The molecule has 5 heteroatoms. The molecule has 2 fully saturated rings. The normalized spacial score (nSPS) is 26.8. The lowest BCUT2D eigenvalue weighted by molar-refractivity contribution is -0.137. The highest BCUT2D eigenvalue weighted by Gasteiger charge is 2.49. The molecule has 2 aromatic rings. The quantitative estimate of drug-likeness (QED) is 0.881. The van der Waals surface area contributed by atoms with Gasteiger partial charge in [0.05, 0.1) is 30.9 Å². The van der Waals surface area contributed by atoms with Crippen LogP contribution in [0.4, 0.5) is 4.79 Å². The molecule has 1 amide bonds. The van der Waals surface area contributed by atoms with Crippen LogP contribution in [0.1, 0.15) is 35.1 Å². The van der Waals surface area contributed by atoms with Gasteiger partial charge in [-0.1, -0.05) is 54.1 Å². The summed E-state index contributed by atoms with van der Waals surface area (Å²) in [6.45, 7) is 5.17. The first kappa shape index (κ1) is 19.0. The lowest BCUT2D eigenvalue weighted by Crippen LogP contribution is -2.62. The number of ether oxygens (including phenoxy) is 2. The van der Waals surface area contributed by atoms with Gasteiger partial charge < -0.3 is 14.6 Å². The zero-order valence-corrected chi connectivity index (χ0v) is 16.4. The molecular formula is C23H27NO4. The van der Waals surface area contributed by atoms with E-state index in [-0.39, 0.29) is 24.8 Å². The Hall–Kier alpha value is -2.37. The smallest absolute Gasteiger partial charge is 0.410 e. The molecular weight excluding hydrogens is 354 g/mol. The average Bonchev–Trinajstić information content (AvgIpc) is 2.66. The van der Waals surface area contributed by atoms with Crippen molar-refractivity contribution >= 4 is 6.09 Å². The minimum Gasteiger partial charge on any atom is -0.445 e. The Balaban J connectivity index is 1.51. The molecule has 5 nitrogen and oxygen atoms in total. The van der Waals surface area contributed by atoms with Gasteiger partial charge in [0.1, 0.15) is 6.61 Å². The van der Waals surface area contributed by atoms with Crippen molar-refractivity contribution in [1.82, 2.24) is 4.90 Å². The van der Waals surface area contributed by atoms with Gasteiger partial charge >= 0.3 is 6.09 Å². The summed E-state index contributed by atoms with van der Waals surface area (Å²) in [6.07, 6.45) is 0.576. The number of hydrogen-bond donors (Lipinski definition) is 1. The van der Waals surface area contributed by atoms with E-state index in [1.807, 2.05) is 49.4 Å². The maximum absolute atomic E-state index is 12.8. The summed E-state index contributed by atoms with van der Waals surface area (Å²) < 4.78 is 11.3. The highest BCUT2D eigenvalue weighted by Crippen LogP contribution is 2.42. The van der Waals surface area contributed by atoms with Crippen molar-refractivity contribution in [3.8, 4) is 0 Å². The number of fused-ring (bicyclic) bond motifs is 2. The van der Waals surface area contributed by atoms with E-state index in [0.29, 0.717) is 26.1 Å². The maximum atomic E-state index is 12.8. The van der Waals surface area contributed by atoms with Crippen molar-refractivity contribution in [2.24, 2.45) is 0 Å². The fourth-order valence-electron chi connectivity index (χ4n) is 4.62. The van der Waals surface area contributed by atoms with Crippen molar-refractivity contribution < 1.29 is 19.4 Å². The zero-order valence-electron chi connectivity index (χ0n) is 16.4. The molecule has 2 saturated heterocycles. The van der Waals surface area contributed by atoms with Crippen molar-refractivity contribution in [3.05, 3.63) is 70.8 Å². The summed E-state index contributed by atoms with van der Waals surface area (Å²) in [7, 11) is 0. The minimum atomic E-state index is -0.951. The Morgan fingerprint density at radius 3 is 2.46 bits per heavy atom. The third-order valence-corrected chi connectivity index (χ3v) is 5.85. The standard InChI is InChI=1S/C23H27NO4/c1-16-8-9-21(17(2)10-16)23(26)11-19-14-27-15-20(12-23)24(19)22(25)28-13-18-6-4-3-5-7-18/h3-10,19-20,26H,11-15H2,1-2H3. The van der Waals surface area contributed by atoms with Gasteiger partial charge in [-0.15, -0.1) is 0 Å². The lowest BCUT2D eigenvalue weighted by atomic mass is 9.75. The summed E-state index contributed by atoms with van der Waals surface area (Å²) in [5.41, 5.74) is 3.22. The minimum absolute atomic E-state index is 0.193. The lowest BCUT2D eigenvalue weighted by Gasteiger charge is -2.51. The van der Waals surface area contributed by atoms with Crippen molar-refractivity contribution in [2.45, 2.75) is 51.0 Å². The molecule has 0 aliphatic carbocycles. The second kappa shape index (κ2) is 7.57. The fourth-order valence-corrected chi connectivity index (χ4v) is 4.62. The second-order valence-electron chi connectivity index (χ2n) is 8.05. The number of carbonyl (C=O) groups excluding carboxylic acids is 1. The van der Waals surface area contributed by atoms with Crippen LogP contribution >= 0.6 is 0 Å². The summed E-state index contributed by atoms with van der Waals surface area (Å²) >= 11 is 0. The van der Waals surface area contributed by atoms with Gasteiger partial charge in [0.2, 0.25) is 0 Å². The first-order valence-electron chi connectivity index (χ1n) is 9.83. The van der Waals surface area contributed by atoms with E-state index in [2.05, 4.69) is 13.0 Å². The molecule has 2 bridgehead atoms. The van der Waals surface area contributed by atoms with Crippen LogP contribution in [0.3, 0.4) is 0 Å². The zero-order chi connectivity index (χ0) is 19.7. The molecule has 4 rings (SSSR count). The number of benzene rings is 2. The summed E-state index contributed by atoms with van der Waals surface area (Å²) in [5.74, 6) is 0. The van der Waals surface area contributed by atoms with E-state index in [4.69, 9.17) is 9.47 Å². The number of rotatable bonds is 3. The van der Waals surface area contributed by atoms with Gasteiger partial charge in [-0.3, -0.25) is 4.90 Å². The Bertz CT molecular complexity index is 837. The third kappa shape index (κ3) is 3.64. The van der Waals surface area contributed by atoms with Crippen LogP contribution in [0.15, 0.2) is 48.5 Å². The van der Waals surface area contributed by atoms with E-state index >= 15 is 0 Å². The molecule has 148 valence electrons. The molecule has 1 N–H and O–H groups in total. The van der Waals surface area contributed by atoms with E-state index in [0.717, 1.165) is 16.7 Å². The van der Waals surface area contributed by atoms with Gasteiger partial charge in [-0.25, -0.2) is 4.79 Å². The Morgan fingerprint density at radius 1 is 1.14 bits per heavy atom. The number of nitrogens with zero attached hydrogens (tertiary/aromatic N) is 1. The van der Waals surface area contributed by atoms with E-state index in [9.17, 15) is 9.90 Å². The second-order valence-corrected chi connectivity index (χ2v) is 8.05. The number of amides is 1. The first-order chi connectivity index (χ1) is 13.5. The van der Waals surface area contributed by atoms with Crippen LogP contribution in [0.2, 0.25) is 0 Å². The van der Waals surface area contributed by atoms with Crippen LogP contribution in [-0.2, 0) is 21.7 Å². The molecule has 0 saturated carbocycles. The van der Waals surface area contributed by atoms with Crippen molar-refractivity contribution in [2.75, 3.05) is 13.2 Å². The Kier molecular flexibility index (Phi) is 5.13. The molecule has 2 atom stereocenters. The molecule has 2 unspecified atom stereocenters. The van der Waals surface area contributed by atoms with Crippen LogP contribution in [-0.4, -0.2) is 41.4 Å². The Labute approximate surface area is 165 Å². The molecule has 0 radical (unpaired) electrons. The molecule has 2 aliphatic rings. The monoisotopic (exact) mass is 381 g/mol. The molecule has 2 aromatic carbocycles. The highest BCUT2D eigenvalue weighted by molar-refractivity contribution is 5.69. The highest BCUT2D eigenvalue weighted by atomic mass is 16.6. The number of carbonyl (C=O) groups is 1. The SMILES string of the molecule is Cc1ccc(C2(O)CC3COCC(C2)N3C(=O)OCc2ccccc2)c(C)c1. The number of aryl methyl sites for hydroxylation is 2. The number of hydrogen-bond acceptors (Lipinski definition) is 4. The maximum Gasteiger partial charge on any atom is 0.410 e. The fraction of sp³-hybridized carbons (Fsp3) is 0.435. The van der Waals surface area contributed by atoms with Gasteiger partial charge in [0.15, 0.2) is 0 Å². The molecule has 28 heavy (non-hydrogen) atoms. The third-order valence-electron chi connectivity index (χ3n) is 5.85. The van der Waals surface area contributed by atoms with Crippen LogP contribution < -0.4 is 0 Å². The van der Waals surface area contributed by atoms with Gasteiger partial charge in [0.25, 0.3) is 0 Å². The summed E-state index contributed by atoms with van der Waals surface area (Å²) in [5, 5.41) is 11.5. The molecule has 2 heterocycles. The summed E-state index contributed by atoms with van der Waals surface area (Å²) in [6, 6.07) is 15.4. The van der Waals surface area contributed by atoms with E-state index in [1.165, 1.54) is 5.56 Å². The van der Waals surface area contributed by atoms with Gasteiger partial charge in [0, 0.05) is 12.8 Å². The van der Waals surface area contributed by atoms with Gasteiger partial charge in [-0.05, 0) is 30.5 Å². The van der Waals surface area contributed by atoms with Crippen LogP contribution in [0.25, 0.3) is 0 Å². The predicted octanol–water partition coefficient (Wildman–Crippen LogP) is 3.69. The largest absolute Gasteiger partial charge is 0.445 e. The molecule has 0 spiro atoms. The number of piperidine rings is 1. The average molecular weight is 381 g/mol. The molecule has 0 aromatic heterocycles.